The van der Waals surface area contributed by atoms with Gasteiger partial charge in [0.1, 0.15) is 4.88 Å². The maximum absolute atomic E-state index is 12.0. The minimum Gasteiger partial charge on any atom is -0.493 e. The molecule has 0 atom stereocenters. The monoisotopic (exact) mass is 307 g/mol. The van der Waals surface area contributed by atoms with Crippen molar-refractivity contribution >= 4 is 17.3 Å². The molecule has 0 amide bonds. The van der Waals surface area contributed by atoms with Gasteiger partial charge in [0, 0.05) is 5.56 Å². The molecule has 1 heterocycles. The summed E-state index contributed by atoms with van der Waals surface area (Å²) in [6.45, 7) is 3.97. The molecule has 1 aromatic carbocycles. The lowest BCUT2D eigenvalue weighted by molar-refractivity contribution is 0.0532. The van der Waals surface area contributed by atoms with Crippen LogP contribution in [-0.2, 0) is 4.74 Å². The molecule has 0 N–H and O–H groups in total. The molecule has 0 aliphatic heterocycles. The summed E-state index contributed by atoms with van der Waals surface area (Å²) >= 11 is 1.32. The highest BCUT2D eigenvalue weighted by Crippen LogP contribution is 2.35. The van der Waals surface area contributed by atoms with Crippen LogP contribution in [0.2, 0.25) is 0 Å². The Kier molecular flexibility index (Phi) is 4.80. The lowest BCUT2D eigenvalue weighted by Gasteiger charge is -2.09. The second-order valence-electron chi connectivity index (χ2n) is 4.20. The van der Waals surface area contributed by atoms with E-state index in [1.807, 2.05) is 13.0 Å². The van der Waals surface area contributed by atoms with Gasteiger partial charge in [-0.1, -0.05) is 0 Å². The second kappa shape index (κ2) is 6.58. The van der Waals surface area contributed by atoms with Gasteiger partial charge in [0.05, 0.1) is 31.5 Å². The Balaban J connectivity index is 2.49. The van der Waals surface area contributed by atoms with Gasteiger partial charge in [0.15, 0.2) is 11.5 Å². The number of thiazole rings is 1. The minimum absolute atomic E-state index is 0.334. The SMILES string of the molecule is CCOC(=O)c1sc(C)nc1-c1ccc(OC)c(OC)c1. The van der Waals surface area contributed by atoms with Crippen molar-refractivity contribution in [2.75, 3.05) is 20.8 Å². The van der Waals surface area contributed by atoms with Crippen molar-refractivity contribution in [3.05, 3.63) is 28.1 Å². The Labute approximate surface area is 127 Å². The van der Waals surface area contributed by atoms with Crippen LogP contribution in [0.1, 0.15) is 21.6 Å². The van der Waals surface area contributed by atoms with E-state index >= 15 is 0 Å². The molecule has 0 saturated heterocycles. The Hall–Kier alpha value is -2.08. The van der Waals surface area contributed by atoms with Crippen molar-refractivity contribution in [2.45, 2.75) is 13.8 Å². The summed E-state index contributed by atoms with van der Waals surface area (Å²) in [5, 5.41) is 0.808. The molecule has 0 bridgehead atoms. The smallest absolute Gasteiger partial charge is 0.350 e. The number of nitrogens with zero attached hydrogens (tertiary/aromatic N) is 1. The minimum atomic E-state index is -0.354. The van der Waals surface area contributed by atoms with Crippen LogP contribution in [0.4, 0.5) is 0 Å². The van der Waals surface area contributed by atoms with Crippen LogP contribution in [0, 0.1) is 6.92 Å². The van der Waals surface area contributed by atoms with Crippen LogP contribution in [-0.4, -0.2) is 31.8 Å². The highest BCUT2D eigenvalue weighted by Gasteiger charge is 2.20. The molecule has 6 heteroatoms. The number of benzene rings is 1. The first kappa shape index (κ1) is 15.3. The summed E-state index contributed by atoms with van der Waals surface area (Å²) in [5.74, 6) is 0.870. The quantitative estimate of drug-likeness (QED) is 0.793. The zero-order chi connectivity index (χ0) is 15.4. The van der Waals surface area contributed by atoms with Gasteiger partial charge < -0.3 is 14.2 Å². The van der Waals surface area contributed by atoms with E-state index in [1.165, 1.54) is 11.3 Å². The molecule has 112 valence electrons. The van der Waals surface area contributed by atoms with Crippen molar-refractivity contribution in [2.24, 2.45) is 0 Å². The zero-order valence-corrected chi connectivity index (χ0v) is 13.2. The Morgan fingerprint density at radius 2 is 1.95 bits per heavy atom. The summed E-state index contributed by atoms with van der Waals surface area (Å²) < 4.78 is 15.6. The van der Waals surface area contributed by atoms with E-state index in [0.29, 0.717) is 28.7 Å². The summed E-state index contributed by atoms with van der Waals surface area (Å²) in [6.07, 6.45) is 0. The third-order valence-corrected chi connectivity index (χ3v) is 3.80. The second-order valence-corrected chi connectivity index (χ2v) is 5.40. The molecular weight excluding hydrogens is 290 g/mol. The summed E-state index contributed by atoms with van der Waals surface area (Å²) in [6, 6.07) is 5.44. The molecule has 0 unspecified atom stereocenters. The zero-order valence-electron chi connectivity index (χ0n) is 12.4. The van der Waals surface area contributed by atoms with Crippen molar-refractivity contribution < 1.29 is 19.0 Å². The number of carbonyl (C=O) groups excluding carboxylic acids is 1. The van der Waals surface area contributed by atoms with E-state index in [1.54, 1.807) is 33.3 Å². The number of hydrogen-bond donors (Lipinski definition) is 0. The number of hydrogen-bond acceptors (Lipinski definition) is 6. The average molecular weight is 307 g/mol. The fourth-order valence-corrected chi connectivity index (χ4v) is 2.78. The highest BCUT2D eigenvalue weighted by molar-refractivity contribution is 7.14. The lowest BCUT2D eigenvalue weighted by atomic mass is 10.1. The summed E-state index contributed by atoms with van der Waals surface area (Å²) in [7, 11) is 3.15. The molecule has 0 saturated carbocycles. The normalized spacial score (nSPS) is 10.3. The van der Waals surface area contributed by atoms with Gasteiger partial charge in [-0.25, -0.2) is 9.78 Å². The first-order valence-electron chi connectivity index (χ1n) is 6.47. The summed E-state index contributed by atoms with van der Waals surface area (Å²) in [4.78, 5) is 17.0. The predicted molar refractivity (Wildman–Crippen MR) is 81.3 cm³/mol. The van der Waals surface area contributed by atoms with Crippen molar-refractivity contribution in [1.82, 2.24) is 4.98 Å². The lowest BCUT2D eigenvalue weighted by Crippen LogP contribution is -2.04. The van der Waals surface area contributed by atoms with E-state index in [0.717, 1.165) is 10.6 Å². The maximum Gasteiger partial charge on any atom is 0.350 e. The maximum atomic E-state index is 12.0. The van der Waals surface area contributed by atoms with Gasteiger partial charge in [-0.2, -0.15) is 0 Å². The van der Waals surface area contributed by atoms with E-state index in [4.69, 9.17) is 14.2 Å². The molecule has 5 nitrogen and oxygen atoms in total. The number of esters is 1. The van der Waals surface area contributed by atoms with Crippen LogP contribution in [0.3, 0.4) is 0 Å². The molecule has 2 rings (SSSR count). The fraction of sp³-hybridized carbons (Fsp3) is 0.333. The van der Waals surface area contributed by atoms with E-state index < -0.39 is 0 Å². The number of ether oxygens (including phenoxy) is 3. The van der Waals surface area contributed by atoms with Gasteiger partial charge in [0.2, 0.25) is 0 Å². The van der Waals surface area contributed by atoms with Crippen LogP contribution in [0.15, 0.2) is 18.2 Å². The Bertz CT molecular complexity index is 651. The van der Waals surface area contributed by atoms with Gasteiger partial charge >= 0.3 is 5.97 Å². The molecule has 0 aliphatic rings. The Morgan fingerprint density at radius 1 is 1.24 bits per heavy atom. The number of aromatic nitrogens is 1. The molecule has 0 radical (unpaired) electrons. The number of methoxy groups -OCH3 is 2. The first-order chi connectivity index (χ1) is 10.1. The molecule has 0 aliphatic carbocycles. The van der Waals surface area contributed by atoms with Gasteiger partial charge in [-0.3, -0.25) is 0 Å². The predicted octanol–water partition coefficient (Wildman–Crippen LogP) is 3.31. The van der Waals surface area contributed by atoms with Gasteiger partial charge in [-0.05, 0) is 32.0 Å². The first-order valence-corrected chi connectivity index (χ1v) is 7.29. The average Bonchev–Trinajstić information content (AvgIpc) is 2.88. The van der Waals surface area contributed by atoms with E-state index in [2.05, 4.69) is 4.98 Å². The Morgan fingerprint density at radius 3 is 2.57 bits per heavy atom. The van der Waals surface area contributed by atoms with E-state index in [-0.39, 0.29) is 5.97 Å². The summed E-state index contributed by atoms with van der Waals surface area (Å²) in [5.41, 5.74) is 1.40. The van der Waals surface area contributed by atoms with Crippen LogP contribution >= 0.6 is 11.3 Å². The molecule has 21 heavy (non-hydrogen) atoms. The molecule has 0 spiro atoms. The van der Waals surface area contributed by atoms with Gasteiger partial charge in [-0.15, -0.1) is 11.3 Å². The molecule has 2 aromatic rings. The standard InChI is InChI=1S/C15H17NO4S/c1-5-20-15(17)14-13(16-9(2)21-14)10-6-7-11(18-3)12(8-10)19-4/h6-8H,5H2,1-4H3. The molecule has 0 fully saturated rings. The van der Waals surface area contributed by atoms with Gasteiger partial charge in [0.25, 0.3) is 0 Å². The van der Waals surface area contributed by atoms with Crippen LogP contribution in [0.5, 0.6) is 11.5 Å². The molecular formula is C15H17NO4S. The fourth-order valence-electron chi connectivity index (χ4n) is 1.94. The van der Waals surface area contributed by atoms with Crippen molar-refractivity contribution in [3.63, 3.8) is 0 Å². The van der Waals surface area contributed by atoms with Crippen LogP contribution in [0.25, 0.3) is 11.3 Å². The van der Waals surface area contributed by atoms with E-state index in [9.17, 15) is 4.79 Å². The third kappa shape index (κ3) is 3.16. The van der Waals surface area contributed by atoms with Crippen molar-refractivity contribution in [1.29, 1.82) is 0 Å². The highest BCUT2D eigenvalue weighted by atomic mass is 32.1. The topological polar surface area (TPSA) is 57.7 Å². The largest absolute Gasteiger partial charge is 0.493 e. The van der Waals surface area contributed by atoms with Crippen LogP contribution < -0.4 is 9.47 Å². The number of aryl methyl sites for hydroxylation is 1. The number of carbonyl (C=O) groups is 1. The number of rotatable bonds is 5. The molecule has 1 aromatic heterocycles. The third-order valence-electron chi connectivity index (χ3n) is 2.85. The van der Waals surface area contributed by atoms with Crippen molar-refractivity contribution in [3.8, 4) is 22.8 Å².